The van der Waals surface area contributed by atoms with Crippen molar-refractivity contribution in [2.75, 3.05) is 13.2 Å². The van der Waals surface area contributed by atoms with Crippen LogP contribution in [-0.4, -0.2) is 47.4 Å². The largest absolute Gasteiger partial charge is 0.466 e. The number of esters is 1. The molecular weight excluding hydrogens is 959 g/mol. The molecule has 0 aromatic rings. The summed E-state index contributed by atoms with van der Waals surface area (Å²) in [6.07, 6.45) is 84.1. The van der Waals surface area contributed by atoms with Crippen LogP contribution in [0.4, 0.5) is 0 Å². The SMILES string of the molecule is CCCCCCCC/C=C\CCCCCCCC(=O)OCCCCCCCCCCCCCCCCCCCCCCCCCCCCCCC(=O)NC(CO)C(O)CCCCCCCCCCCCCCCCCCCC. The van der Waals surface area contributed by atoms with Crippen molar-refractivity contribution in [3.63, 3.8) is 0 Å². The highest BCUT2D eigenvalue weighted by molar-refractivity contribution is 5.76. The minimum Gasteiger partial charge on any atom is -0.466 e. The summed E-state index contributed by atoms with van der Waals surface area (Å²) in [6, 6.07) is -0.539. The lowest BCUT2D eigenvalue weighted by molar-refractivity contribution is -0.143. The summed E-state index contributed by atoms with van der Waals surface area (Å²) in [4.78, 5) is 24.6. The fourth-order valence-corrected chi connectivity index (χ4v) is 11.6. The third-order valence-electron chi connectivity index (χ3n) is 17.1. The van der Waals surface area contributed by atoms with Gasteiger partial charge in [0, 0.05) is 12.8 Å². The van der Waals surface area contributed by atoms with Gasteiger partial charge in [-0.1, -0.05) is 360 Å². The second-order valence-corrected chi connectivity index (χ2v) is 24.9. The monoisotopic (exact) mass is 1100 g/mol. The van der Waals surface area contributed by atoms with Gasteiger partial charge < -0.3 is 20.3 Å². The molecule has 3 N–H and O–H groups in total. The number of unbranched alkanes of at least 4 members (excludes halogenated alkanes) is 55. The Bertz CT molecular complexity index is 1180. The van der Waals surface area contributed by atoms with E-state index in [4.69, 9.17) is 4.74 Å². The molecule has 0 saturated carbocycles. The Morgan fingerprint density at radius 1 is 0.346 bits per heavy atom. The van der Waals surface area contributed by atoms with Crippen LogP contribution in [0, 0.1) is 0 Å². The van der Waals surface area contributed by atoms with Gasteiger partial charge in [0.25, 0.3) is 0 Å². The second kappa shape index (κ2) is 68.1. The maximum atomic E-state index is 12.5. The lowest BCUT2D eigenvalue weighted by Gasteiger charge is -2.22. The van der Waals surface area contributed by atoms with E-state index in [0.29, 0.717) is 25.9 Å². The van der Waals surface area contributed by atoms with Gasteiger partial charge in [-0.15, -0.1) is 0 Å². The van der Waals surface area contributed by atoms with Crippen LogP contribution < -0.4 is 5.32 Å². The average Bonchev–Trinajstić information content (AvgIpc) is 3.44. The Morgan fingerprint density at radius 2 is 0.603 bits per heavy atom. The number of rotatable bonds is 68. The standard InChI is InChI=1S/C72H141NO5/c1-3-5-7-9-11-13-15-17-19-20-33-37-40-44-48-52-56-60-64-70(75)69(68-74)73-71(76)65-61-57-53-49-45-41-38-34-31-29-27-25-23-21-22-24-26-28-30-32-35-39-43-47-51-55-59-63-67-78-72(77)66-62-58-54-50-46-42-36-18-16-14-12-10-8-6-4-2/h18,36,69-70,74-75H,3-17,19-35,37-68H2,1-2H3,(H,73,76)/b36-18-. The highest BCUT2D eigenvalue weighted by atomic mass is 16.5. The summed E-state index contributed by atoms with van der Waals surface area (Å²) >= 11 is 0. The fraction of sp³-hybridized carbons (Fsp3) is 0.944. The number of ether oxygens (including phenoxy) is 1. The molecule has 2 unspecified atom stereocenters. The first kappa shape index (κ1) is 76.6. The molecule has 0 aliphatic heterocycles. The van der Waals surface area contributed by atoms with Crippen LogP contribution in [0.15, 0.2) is 12.2 Å². The van der Waals surface area contributed by atoms with E-state index in [0.717, 1.165) is 44.9 Å². The van der Waals surface area contributed by atoms with Crippen molar-refractivity contribution in [3.8, 4) is 0 Å². The van der Waals surface area contributed by atoms with Gasteiger partial charge in [0.15, 0.2) is 0 Å². The van der Waals surface area contributed by atoms with E-state index >= 15 is 0 Å². The van der Waals surface area contributed by atoms with Crippen LogP contribution in [0.2, 0.25) is 0 Å². The minimum absolute atomic E-state index is 0.0119. The molecule has 0 aliphatic rings. The number of carbonyl (C=O) groups is 2. The van der Waals surface area contributed by atoms with Crippen molar-refractivity contribution in [1.82, 2.24) is 5.32 Å². The van der Waals surface area contributed by atoms with Crippen LogP contribution in [0.5, 0.6) is 0 Å². The molecule has 78 heavy (non-hydrogen) atoms. The molecule has 0 aliphatic carbocycles. The number of aliphatic hydroxyl groups is 2. The van der Waals surface area contributed by atoms with Gasteiger partial charge in [-0.2, -0.15) is 0 Å². The highest BCUT2D eigenvalue weighted by Crippen LogP contribution is 2.19. The quantitative estimate of drug-likeness (QED) is 0.0320. The molecule has 0 rings (SSSR count). The maximum absolute atomic E-state index is 12.5. The second-order valence-electron chi connectivity index (χ2n) is 24.9. The number of hydrogen-bond donors (Lipinski definition) is 3. The molecule has 0 spiro atoms. The summed E-state index contributed by atoms with van der Waals surface area (Å²) in [5.74, 6) is -0.0156. The summed E-state index contributed by atoms with van der Waals surface area (Å²) in [6.45, 7) is 4.99. The maximum Gasteiger partial charge on any atom is 0.305 e. The third-order valence-corrected chi connectivity index (χ3v) is 17.1. The van der Waals surface area contributed by atoms with Gasteiger partial charge >= 0.3 is 5.97 Å². The molecule has 0 bridgehead atoms. The fourth-order valence-electron chi connectivity index (χ4n) is 11.6. The van der Waals surface area contributed by atoms with Gasteiger partial charge in [0.1, 0.15) is 0 Å². The summed E-state index contributed by atoms with van der Waals surface area (Å²) in [7, 11) is 0. The van der Waals surface area contributed by atoms with E-state index in [9.17, 15) is 19.8 Å². The van der Waals surface area contributed by atoms with E-state index in [1.54, 1.807) is 0 Å². The average molecular weight is 1100 g/mol. The molecule has 6 heteroatoms. The number of hydrogen-bond acceptors (Lipinski definition) is 5. The Morgan fingerprint density at radius 3 is 0.910 bits per heavy atom. The number of allylic oxidation sites excluding steroid dienone is 2. The Hall–Kier alpha value is -1.40. The first-order valence-corrected chi connectivity index (χ1v) is 35.9. The van der Waals surface area contributed by atoms with Gasteiger partial charge in [0.05, 0.1) is 25.4 Å². The van der Waals surface area contributed by atoms with Gasteiger partial charge in [-0.05, 0) is 51.4 Å². The van der Waals surface area contributed by atoms with Crippen molar-refractivity contribution >= 4 is 11.9 Å². The molecule has 1 amide bonds. The molecule has 0 aromatic heterocycles. The van der Waals surface area contributed by atoms with Crippen LogP contribution in [0.3, 0.4) is 0 Å². The zero-order valence-electron chi connectivity index (χ0n) is 53.2. The van der Waals surface area contributed by atoms with Crippen molar-refractivity contribution in [1.29, 1.82) is 0 Å². The van der Waals surface area contributed by atoms with Crippen molar-refractivity contribution in [3.05, 3.63) is 12.2 Å². The molecule has 0 fully saturated rings. The lowest BCUT2D eigenvalue weighted by Crippen LogP contribution is -2.45. The van der Waals surface area contributed by atoms with Gasteiger partial charge in [-0.3, -0.25) is 9.59 Å². The smallest absolute Gasteiger partial charge is 0.305 e. The van der Waals surface area contributed by atoms with Crippen molar-refractivity contribution in [2.45, 2.75) is 424 Å². The Balaban J connectivity index is 3.34. The van der Waals surface area contributed by atoms with Crippen molar-refractivity contribution < 1.29 is 24.5 Å². The molecule has 0 heterocycles. The van der Waals surface area contributed by atoms with E-state index in [1.165, 1.54) is 334 Å². The number of nitrogens with one attached hydrogen (secondary N) is 1. The predicted octanol–water partition coefficient (Wildman–Crippen LogP) is 23.1. The van der Waals surface area contributed by atoms with E-state index in [-0.39, 0.29) is 18.5 Å². The summed E-state index contributed by atoms with van der Waals surface area (Å²) < 4.78 is 5.49. The molecule has 0 saturated heterocycles. The highest BCUT2D eigenvalue weighted by Gasteiger charge is 2.20. The molecule has 0 radical (unpaired) electrons. The first-order valence-electron chi connectivity index (χ1n) is 35.9. The lowest BCUT2D eigenvalue weighted by atomic mass is 10.0. The van der Waals surface area contributed by atoms with Crippen LogP contribution >= 0.6 is 0 Å². The first-order chi connectivity index (χ1) is 38.5. The topological polar surface area (TPSA) is 95.9 Å². The van der Waals surface area contributed by atoms with E-state index in [1.807, 2.05) is 0 Å². The van der Waals surface area contributed by atoms with Crippen LogP contribution in [-0.2, 0) is 14.3 Å². The Labute approximate surface area is 489 Å². The zero-order valence-corrected chi connectivity index (χ0v) is 53.2. The predicted molar refractivity (Wildman–Crippen MR) is 343 cm³/mol. The normalized spacial score (nSPS) is 12.5. The number of amides is 1. The molecule has 0 aromatic carbocycles. The van der Waals surface area contributed by atoms with Gasteiger partial charge in [-0.25, -0.2) is 0 Å². The van der Waals surface area contributed by atoms with E-state index < -0.39 is 12.1 Å². The summed E-state index contributed by atoms with van der Waals surface area (Å²) in [5.41, 5.74) is 0. The molecular formula is C72H141NO5. The minimum atomic E-state index is -0.662. The van der Waals surface area contributed by atoms with Crippen LogP contribution in [0.1, 0.15) is 412 Å². The zero-order chi connectivity index (χ0) is 56.4. The number of aliphatic hydroxyl groups excluding tert-OH is 2. The number of carbonyl (C=O) groups excluding carboxylic acids is 2. The Kier molecular flexibility index (Phi) is 66.9. The molecule has 6 nitrogen and oxygen atoms in total. The molecule has 2 atom stereocenters. The van der Waals surface area contributed by atoms with Gasteiger partial charge in [0.2, 0.25) is 5.91 Å². The van der Waals surface area contributed by atoms with E-state index in [2.05, 4.69) is 31.3 Å². The van der Waals surface area contributed by atoms with Crippen molar-refractivity contribution in [2.24, 2.45) is 0 Å². The van der Waals surface area contributed by atoms with Crippen LogP contribution in [0.25, 0.3) is 0 Å². The third kappa shape index (κ3) is 63.8. The molecule has 464 valence electrons. The summed E-state index contributed by atoms with van der Waals surface area (Å²) in [5, 5.41) is 23.4.